The molecule has 0 aliphatic heterocycles. The van der Waals surface area contributed by atoms with Crippen LogP contribution in [0.5, 0.6) is 0 Å². The van der Waals surface area contributed by atoms with Gasteiger partial charge in [0.15, 0.2) is 0 Å². The van der Waals surface area contributed by atoms with E-state index < -0.39 is 6.09 Å². The minimum Gasteiger partial charge on any atom is -0.444 e. The number of hydrogen-bond donors (Lipinski definition) is 2. The van der Waals surface area contributed by atoms with Crippen LogP contribution in [0.25, 0.3) is 22.3 Å². The Bertz CT molecular complexity index is 1450. The first-order valence-electron chi connectivity index (χ1n) is 11.6. The van der Waals surface area contributed by atoms with Gasteiger partial charge in [-0.05, 0) is 54.3 Å². The predicted molar refractivity (Wildman–Crippen MR) is 133 cm³/mol. The van der Waals surface area contributed by atoms with Crippen molar-refractivity contribution in [3.05, 3.63) is 86.8 Å². The van der Waals surface area contributed by atoms with Gasteiger partial charge in [0.25, 0.3) is 5.56 Å². The first-order valence-corrected chi connectivity index (χ1v) is 11.6. The Hall–Kier alpha value is -4.14. The summed E-state index contributed by atoms with van der Waals surface area (Å²) in [7, 11) is 0. The van der Waals surface area contributed by atoms with Gasteiger partial charge in [-0.2, -0.15) is 0 Å². The number of aromatic amines is 1. The Balaban J connectivity index is 1.52. The number of nitrogens with one attached hydrogen (secondary N) is 2. The van der Waals surface area contributed by atoms with Crippen LogP contribution in [0.2, 0.25) is 0 Å². The van der Waals surface area contributed by atoms with Crippen LogP contribution in [-0.4, -0.2) is 20.2 Å². The summed E-state index contributed by atoms with van der Waals surface area (Å²) < 4.78 is 21.1. The predicted octanol–water partition coefficient (Wildman–Crippen LogP) is 4.87. The van der Waals surface area contributed by atoms with Gasteiger partial charge in [0.05, 0.1) is 5.52 Å². The van der Waals surface area contributed by atoms with Gasteiger partial charge in [0.2, 0.25) is 0 Å². The molecular weight excluding hydrogens is 451 g/mol. The third-order valence-corrected chi connectivity index (χ3v) is 5.63. The van der Waals surface area contributed by atoms with Gasteiger partial charge in [0, 0.05) is 24.5 Å². The van der Waals surface area contributed by atoms with Crippen molar-refractivity contribution in [2.24, 2.45) is 0 Å². The third-order valence-electron chi connectivity index (χ3n) is 5.63. The maximum atomic E-state index is 13.0. The van der Waals surface area contributed by atoms with Crippen LogP contribution < -0.4 is 16.6 Å². The molecule has 0 saturated carbocycles. The lowest BCUT2D eigenvalue weighted by Crippen LogP contribution is -2.39. The molecule has 0 fully saturated rings. The van der Waals surface area contributed by atoms with Crippen molar-refractivity contribution < 1.29 is 13.9 Å². The van der Waals surface area contributed by atoms with E-state index in [0.717, 1.165) is 23.2 Å². The minimum absolute atomic E-state index is 0.0534. The summed E-state index contributed by atoms with van der Waals surface area (Å²) in [4.78, 5) is 41.0. The highest BCUT2D eigenvalue weighted by molar-refractivity contribution is 5.84. The van der Waals surface area contributed by atoms with E-state index in [2.05, 4.69) is 10.3 Å². The van der Waals surface area contributed by atoms with Crippen molar-refractivity contribution in [1.82, 2.24) is 14.1 Å². The monoisotopic (exact) mass is 478 g/mol. The molecule has 0 unspecified atom stereocenters. The number of nitrogens with zero attached hydrogens (tertiary/aromatic N) is 2. The molecule has 8 nitrogen and oxygen atoms in total. The number of fused-ring (bicyclic) bond motifs is 1. The quantitative estimate of drug-likeness (QED) is 0.378. The van der Waals surface area contributed by atoms with Gasteiger partial charge in [-0.1, -0.05) is 38.1 Å². The average molecular weight is 479 g/mol. The molecule has 2 aromatic carbocycles. The van der Waals surface area contributed by atoms with E-state index in [1.165, 1.54) is 28.8 Å². The summed E-state index contributed by atoms with van der Waals surface area (Å²) in [6.07, 6.45) is 0.809. The molecule has 0 saturated heterocycles. The van der Waals surface area contributed by atoms with Crippen molar-refractivity contribution in [2.75, 3.05) is 5.32 Å². The Morgan fingerprint density at radius 2 is 1.63 bits per heavy atom. The molecule has 35 heavy (non-hydrogen) atoms. The topological polar surface area (TPSA) is 98.1 Å². The molecule has 0 aliphatic carbocycles. The smallest absolute Gasteiger partial charge is 0.411 e. The SMILES string of the molecule is CCCn1c(=O)c2[nH]c(-c3ccc(COC(=O)Nc4ccc(F)cc4)cc3)cc2n(CCC)c1=O. The number of carbonyl (C=O) groups excluding carboxylic acids is 1. The molecular formula is C26H27FN4O4. The number of H-pyrrole nitrogens is 1. The molecule has 0 bridgehead atoms. The molecule has 2 heterocycles. The highest BCUT2D eigenvalue weighted by atomic mass is 19.1. The molecule has 0 radical (unpaired) electrons. The van der Waals surface area contributed by atoms with Gasteiger partial charge >= 0.3 is 11.8 Å². The van der Waals surface area contributed by atoms with Crippen LogP contribution in [0.4, 0.5) is 14.9 Å². The zero-order valence-electron chi connectivity index (χ0n) is 19.6. The molecule has 9 heteroatoms. The van der Waals surface area contributed by atoms with Crippen LogP contribution >= 0.6 is 0 Å². The Labute approximate surface area is 201 Å². The lowest BCUT2D eigenvalue weighted by Gasteiger charge is -2.10. The van der Waals surface area contributed by atoms with E-state index in [0.29, 0.717) is 36.2 Å². The number of benzene rings is 2. The van der Waals surface area contributed by atoms with E-state index in [4.69, 9.17) is 4.74 Å². The number of ether oxygens (including phenoxy) is 1. The highest BCUT2D eigenvalue weighted by Crippen LogP contribution is 2.23. The molecule has 2 N–H and O–H groups in total. The van der Waals surface area contributed by atoms with Gasteiger partial charge in [0.1, 0.15) is 17.9 Å². The second-order valence-corrected chi connectivity index (χ2v) is 8.24. The first-order chi connectivity index (χ1) is 16.9. The molecule has 182 valence electrons. The van der Waals surface area contributed by atoms with E-state index in [-0.39, 0.29) is 23.7 Å². The van der Waals surface area contributed by atoms with Gasteiger partial charge in [-0.3, -0.25) is 19.2 Å². The maximum Gasteiger partial charge on any atom is 0.411 e. The van der Waals surface area contributed by atoms with Gasteiger partial charge in [-0.25, -0.2) is 14.0 Å². The fourth-order valence-corrected chi connectivity index (χ4v) is 3.92. The average Bonchev–Trinajstić information content (AvgIpc) is 3.30. The van der Waals surface area contributed by atoms with Crippen LogP contribution in [0.15, 0.2) is 64.2 Å². The minimum atomic E-state index is -0.645. The number of aromatic nitrogens is 3. The lowest BCUT2D eigenvalue weighted by atomic mass is 10.1. The normalized spacial score (nSPS) is 11.1. The number of amides is 1. The van der Waals surface area contributed by atoms with E-state index in [9.17, 15) is 18.8 Å². The summed E-state index contributed by atoms with van der Waals surface area (Å²) in [6, 6.07) is 14.6. The number of rotatable bonds is 8. The second-order valence-electron chi connectivity index (χ2n) is 8.24. The van der Waals surface area contributed by atoms with Crippen molar-refractivity contribution in [3.63, 3.8) is 0 Å². The maximum absolute atomic E-state index is 13.0. The summed E-state index contributed by atoms with van der Waals surface area (Å²) in [5, 5.41) is 2.54. The van der Waals surface area contributed by atoms with E-state index in [1.54, 1.807) is 4.57 Å². The van der Waals surface area contributed by atoms with E-state index in [1.807, 2.05) is 44.2 Å². The fraction of sp³-hybridized carbons (Fsp3) is 0.269. The number of hydrogen-bond acceptors (Lipinski definition) is 4. The zero-order chi connectivity index (χ0) is 24.9. The Morgan fingerprint density at radius 1 is 0.971 bits per heavy atom. The fourth-order valence-electron chi connectivity index (χ4n) is 3.92. The van der Waals surface area contributed by atoms with Crippen molar-refractivity contribution >= 4 is 22.8 Å². The van der Waals surface area contributed by atoms with Gasteiger partial charge in [-0.15, -0.1) is 0 Å². The Kier molecular flexibility index (Phi) is 7.14. The second kappa shape index (κ2) is 10.4. The standard InChI is InChI=1S/C26H27FN4O4/c1-3-13-30-22-15-21(29-23(22)24(32)31(14-4-2)26(30)34)18-7-5-17(6-8-18)16-35-25(33)28-20-11-9-19(27)10-12-20/h5-12,15,29H,3-4,13-14,16H2,1-2H3,(H,28,33). The van der Waals surface area contributed by atoms with E-state index >= 15 is 0 Å². The number of halogens is 1. The first kappa shape index (κ1) is 24.0. The largest absolute Gasteiger partial charge is 0.444 e. The number of aryl methyl sites for hydroxylation is 1. The van der Waals surface area contributed by atoms with Crippen LogP contribution in [0.1, 0.15) is 32.3 Å². The van der Waals surface area contributed by atoms with Gasteiger partial charge < -0.3 is 9.72 Å². The number of anilines is 1. The highest BCUT2D eigenvalue weighted by Gasteiger charge is 2.16. The molecule has 0 aliphatic rings. The van der Waals surface area contributed by atoms with Crippen LogP contribution in [0, 0.1) is 5.82 Å². The summed E-state index contributed by atoms with van der Waals surface area (Å²) in [5.74, 6) is -0.390. The summed E-state index contributed by atoms with van der Waals surface area (Å²) in [6.45, 7) is 4.86. The number of carbonyl (C=O) groups is 1. The summed E-state index contributed by atoms with van der Waals surface area (Å²) in [5.41, 5.74) is 3.15. The molecule has 4 aromatic rings. The van der Waals surface area contributed by atoms with Crippen molar-refractivity contribution in [3.8, 4) is 11.3 Å². The van der Waals surface area contributed by atoms with Crippen molar-refractivity contribution in [1.29, 1.82) is 0 Å². The summed E-state index contributed by atoms with van der Waals surface area (Å²) >= 11 is 0. The zero-order valence-corrected chi connectivity index (χ0v) is 19.6. The van der Waals surface area contributed by atoms with Crippen molar-refractivity contribution in [2.45, 2.75) is 46.4 Å². The molecule has 0 atom stereocenters. The van der Waals surface area contributed by atoms with Crippen LogP contribution in [-0.2, 0) is 24.4 Å². The third kappa shape index (κ3) is 5.18. The lowest BCUT2D eigenvalue weighted by molar-refractivity contribution is 0.155. The molecule has 1 amide bonds. The Morgan fingerprint density at radius 3 is 2.29 bits per heavy atom. The molecule has 4 rings (SSSR count). The molecule has 0 spiro atoms. The van der Waals surface area contributed by atoms with Crippen LogP contribution in [0.3, 0.4) is 0 Å². The molecule has 2 aromatic heterocycles.